The van der Waals surface area contributed by atoms with E-state index in [0.29, 0.717) is 0 Å². The van der Waals surface area contributed by atoms with Crippen molar-refractivity contribution in [3.05, 3.63) is 11.8 Å². The highest BCUT2D eigenvalue weighted by Crippen LogP contribution is 2.15. The summed E-state index contributed by atoms with van der Waals surface area (Å²) in [7, 11) is 0. The van der Waals surface area contributed by atoms with E-state index in [4.69, 9.17) is 5.11 Å². The van der Waals surface area contributed by atoms with E-state index in [1.165, 1.54) is 0 Å². The molecule has 0 bridgehead atoms. The van der Waals surface area contributed by atoms with Crippen molar-refractivity contribution in [2.45, 2.75) is 6.92 Å². The molecule has 0 amide bonds. The quantitative estimate of drug-likeness (QED) is 0.591. The third-order valence-corrected chi connectivity index (χ3v) is 1.51. The summed E-state index contributed by atoms with van der Waals surface area (Å²) in [6.07, 6.45) is 0.0561. The first-order chi connectivity index (χ1) is 5.61. The first kappa shape index (κ1) is 8.58. The van der Waals surface area contributed by atoms with Gasteiger partial charge in [-0.25, -0.2) is 9.59 Å². The Hall–Kier alpha value is -1.52. The van der Waals surface area contributed by atoms with E-state index in [1.54, 1.807) is 6.92 Å². The van der Waals surface area contributed by atoms with Crippen molar-refractivity contribution in [1.29, 1.82) is 0 Å². The maximum Gasteiger partial charge on any atom is 0.513 e. The molecule has 0 aromatic rings. The molecule has 66 valence electrons. The summed E-state index contributed by atoms with van der Waals surface area (Å²) in [5, 5.41) is 8.60. The minimum Gasteiger partial charge on any atom is -0.478 e. The Labute approximate surface area is 68.6 Å². The summed E-state index contributed by atoms with van der Waals surface area (Å²) < 4.78 is 8.86. The number of carboxylic acids is 1. The molecular weight excluding hydrogens is 164 g/mol. The maximum atomic E-state index is 10.5. The number of carbonyl (C=O) groups excluding carboxylic acids is 1. The van der Waals surface area contributed by atoms with Gasteiger partial charge in [0, 0.05) is 5.92 Å². The fraction of sp³-hybridized carbons (Fsp3) is 0.429. The zero-order valence-electron chi connectivity index (χ0n) is 6.44. The first-order valence-corrected chi connectivity index (χ1v) is 3.38. The summed E-state index contributed by atoms with van der Waals surface area (Å²) in [5.41, 5.74) is 0.0425. The van der Waals surface area contributed by atoms with E-state index in [0.717, 1.165) is 6.26 Å². The van der Waals surface area contributed by atoms with Crippen LogP contribution in [0.5, 0.6) is 0 Å². The van der Waals surface area contributed by atoms with Gasteiger partial charge in [-0.1, -0.05) is 6.92 Å². The second-order valence-electron chi connectivity index (χ2n) is 2.46. The summed E-state index contributed by atoms with van der Waals surface area (Å²) in [6, 6.07) is 0. The number of carboxylic acid groups (broad SMARTS) is 1. The first-order valence-electron chi connectivity index (χ1n) is 3.38. The molecule has 1 aliphatic heterocycles. The zero-order chi connectivity index (χ0) is 9.14. The lowest BCUT2D eigenvalue weighted by atomic mass is 10.0. The topological polar surface area (TPSA) is 72.8 Å². The van der Waals surface area contributed by atoms with Crippen LogP contribution in [0.2, 0.25) is 0 Å². The van der Waals surface area contributed by atoms with Gasteiger partial charge in [0.05, 0.1) is 5.57 Å². The Morgan fingerprint density at radius 2 is 2.42 bits per heavy atom. The second kappa shape index (κ2) is 3.25. The predicted octanol–water partition coefficient (Wildman–Crippen LogP) is 0.758. The van der Waals surface area contributed by atoms with E-state index in [1.807, 2.05) is 0 Å². The molecule has 1 rings (SSSR count). The predicted molar refractivity (Wildman–Crippen MR) is 37.3 cm³/mol. The van der Waals surface area contributed by atoms with Crippen LogP contribution in [0.4, 0.5) is 4.79 Å². The standard InChI is InChI=1S/C7H8O5/c1-4-2-11-7(10)12-3-5(4)6(8)9/h3-4H,2H2,1H3,(H,8,9). The van der Waals surface area contributed by atoms with Gasteiger partial charge in [0.2, 0.25) is 0 Å². The minimum absolute atomic E-state index is 0.0387. The summed E-state index contributed by atoms with van der Waals surface area (Å²) >= 11 is 0. The van der Waals surface area contributed by atoms with Crippen LogP contribution in [0.25, 0.3) is 0 Å². The smallest absolute Gasteiger partial charge is 0.478 e. The van der Waals surface area contributed by atoms with Crippen molar-refractivity contribution in [2.24, 2.45) is 5.92 Å². The number of hydrogen-bond acceptors (Lipinski definition) is 4. The summed E-state index contributed by atoms with van der Waals surface area (Å²) in [5.74, 6) is -1.44. The van der Waals surface area contributed by atoms with Crippen LogP contribution in [0.1, 0.15) is 6.92 Å². The van der Waals surface area contributed by atoms with Crippen LogP contribution in [-0.4, -0.2) is 23.8 Å². The highest BCUT2D eigenvalue weighted by molar-refractivity contribution is 5.87. The van der Waals surface area contributed by atoms with Crippen molar-refractivity contribution < 1.29 is 24.2 Å². The van der Waals surface area contributed by atoms with Gasteiger partial charge in [-0.05, 0) is 0 Å². The Kier molecular flexibility index (Phi) is 2.32. The second-order valence-corrected chi connectivity index (χ2v) is 2.46. The number of ether oxygens (including phenoxy) is 2. The summed E-state index contributed by atoms with van der Waals surface area (Å²) in [6.45, 7) is 1.68. The molecule has 1 unspecified atom stereocenters. The number of rotatable bonds is 1. The number of aliphatic carboxylic acids is 1. The molecule has 0 spiro atoms. The van der Waals surface area contributed by atoms with Gasteiger partial charge >= 0.3 is 12.1 Å². The molecule has 0 saturated heterocycles. The summed E-state index contributed by atoms with van der Waals surface area (Å²) in [4.78, 5) is 21.0. The number of hydrogen-bond donors (Lipinski definition) is 1. The Bertz CT molecular complexity index is 242. The van der Waals surface area contributed by atoms with Crippen LogP contribution in [0, 0.1) is 5.92 Å². The number of carbonyl (C=O) groups is 2. The van der Waals surface area contributed by atoms with Gasteiger partial charge in [-0.3, -0.25) is 0 Å². The monoisotopic (exact) mass is 172 g/mol. The van der Waals surface area contributed by atoms with Crippen LogP contribution >= 0.6 is 0 Å². The van der Waals surface area contributed by atoms with Gasteiger partial charge in [0.1, 0.15) is 12.9 Å². The van der Waals surface area contributed by atoms with Crippen molar-refractivity contribution >= 4 is 12.1 Å². The molecule has 5 heteroatoms. The molecule has 0 aromatic heterocycles. The molecule has 0 fully saturated rings. The normalized spacial score (nSPS) is 23.2. The fourth-order valence-corrected chi connectivity index (χ4v) is 0.806. The van der Waals surface area contributed by atoms with Crippen LogP contribution in [0.15, 0.2) is 11.8 Å². The Morgan fingerprint density at radius 3 is 3.00 bits per heavy atom. The molecule has 12 heavy (non-hydrogen) atoms. The van der Waals surface area contributed by atoms with Gasteiger partial charge in [-0.15, -0.1) is 0 Å². The average Bonchev–Trinajstić information content (AvgIpc) is 2.14. The Morgan fingerprint density at radius 1 is 1.75 bits per heavy atom. The largest absolute Gasteiger partial charge is 0.513 e. The molecule has 0 saturated carbocycles. The van der Waals surface area contributed by atoms with Gasteiger partial charge < -0.3 is 14.6 Å². The van der Waals surface area contributed by atoms with E-state index in [9.17, 15) is 9.59 Å². The lowest BCUT2D eigenvalue weighted by Gasteiger charge is -2.05. The third-order valence-electron chi connectivity index (χ3n) is 1.51. The van der Waals surface area contributed by atoms with Gasteiger partial charge in [-0.2, -0.15) is 0 Å². The van der Waals surface area contributed by atoms with Crippen molar-refractivity contribution in [2.75, 3.05) is 6.61 Å². The molecule has 1 heterocycles. The molecule has 0 aliphatic carbocycles. The van der Waals surface area contributed by atoms with E-state index >= 15 is 0 Å². The maximum absolute atomic E-state index is 10.5. The van der Waals surface area contributed by atoms with Gasteiger partial charge in [0.15, 0.2) is 0 Å². The lowest BCUT2D eigenvalue weighted by molar-refractivity contribution is -0.133. The van der Waals surface area contributed by atoms with Crippen molar-refractivity contribution in [3.8, 4) is 0 Å². The zero-order valence-corrected chi connectivity index (χ0v) is 6.44. The minimum atomic E-state index is -1.10. The molecule has 0 radical (unpaired) electrons. The van der Waals surface area contributed by atoms with Crippen molar-refractivity contribution in [3.63, 3.8) is 0 Å². The molecule has 1 atom stereocenters. The van der Waals surface area contributed by atoms with Crippen molar-refractivity contribution in [1.82, 2.24) is 0 Å². The van der Waals surface area contributed by atoms with Gasteiger partial charge in [0.25, 0.3) is 0 Å². The molecule has 1 N–H and O–H groups in total. The molecular formula is C7H8O5. The average molecular weight is 172 g/mol. The van der Waals surface area contributed by atoms with E-state index < -0.39 is 12.1 Å². The third kappa shape index (κ3) is 1.75. The molecule has 1 aliphatic rings. The molecule has 5 nitrogen and oxygen atoms in total. The fourth-order valence-electron chi connectivity index (χ4n) is 0.806. The SMILES string of the molecule is CC1COC(=O)OC=C1C(=O)O. The van der Waals surface area contributed by atoms with E-state index in [-0.39, 0.29) is 18.1 Å². The highest BCUT2D eigenvalue weighted by atomic mass is 16.7. The Balaban J connectivity index is 2.80. The lowest BCUT2D eigenvalue weighted by Crippen LogP contribution is -2.13. The van der Waals surface area contributed by atoms with Crippen LogP contribution < -0.4 is 0 Å². The molecule has 0 aromatic carbocycles. The number of cyclic esters (lactones) is 2. The van der Waals surface area contributed by atoms with Crippen LogP contribution in [-0.2, 0) is 14.3 Å². The van der Waals surface area contributed by atoms with E-state index in [2.05, 4.69) is 9.47 Å². The van der Waals surface area contributed by atoms with Crippen LogP contribution in [0.3, 0.4) is 0 Å². The highest BCUT2D eigenvalue weighted by Gasteiger charge is 2.22.